The molecule has 0 heterocycles. The van der Waals surface area contributed by atoms with Gasteiger partial charge in [0.15, 0.2) is 0 Å². The Labute approximate surface area is 106 Å². The van der Waals surface area contributed by atoms with Gasteiger partial charge in [-0.2, -0.15) is 0 Å². The van der Waals surface area contributed by atoms with Gasteiger partial charge in [-0.15, -0.1) is 0 Å². The highest BCUT2D eigenvalue weighted by molar-refractivity contribution is 5.79. The van der Waals surface area contributed by atoms with E-state index in [9.17, 15) is 14.7 Å². The molecule has 5 heteroatoms. The molecule has 0 radical (unpaired) electrons. The molecule has 1 atom stereocenters. The first-order chi connectivity index (χ1) is 8.43. The van der Waals surface area contributed by atoms with E-state index in [-0.39, 0.29) is 12.6 Å². The molecule has 1 amide bonds. The van der Waals surface area contributed by atoms with Gasteiger partial charge < -0.3 is 10.8 Å². The molecule has 1 rings (SSSR count). The van der Waals surface area contributed by atoms with Crippen molar-refractivity contribution in [2.24, 2.45) is 5.73 Å². The Morgan fingerprint density at radius 2 is 1.83 bits per heavy atom. The minimum absolute atomic E-state index is 0.0798. The Morgan fingerprint density at radius 1 is 1.28 bits per heavy atom. The fraction of sp³-hybridized carbons (Fsp3) is 0.385. The highest BCUT2D eigenvalue weighted by atomic mass is 16.4. The quantitative estimate of drug-likeness (QED) is 0.789. The van der Waals surface area contributed by atoms with Crippen molar-refractivity contribution in [1.82, 2.24) is 4.90 Å². The Hall–Kier alpha value is -1.88. The van der Waals surface area contributed by atoms with Gasteiger partial charge in [0, 0.05) is 6.04 Å². The lowest BCUT2D eigenvalue weighted by Crippen LogP contribution is -2.44. The molecule has 0 aliphatic heterocycles. The van der Waals surface area contributed by atoms with E-state index in [2.05, 4.69) is 0 Å². The summed E-state index contributed by atoms with van der Waals surface area (Å²) in [4.78, 5) is 24.1. The van der Waals surface area contributed by atoms with Crippen LogP contribution in [0.1, 0.15) is 25.5 Å². The van der Waals surface area contributed by atoms with Gasteiger partial charge in [-0.3, -0.25) is 14.5 Å². The molecule has 0 fully saturated rings. The third-order valence-corrected chi connectivity index (χ3v) is 2.68. The number of amides is 1. The molecule has 1 unspecified atom stereocenters. The molecular formula is C13H18N2O3. The number of carboxylic acid groups (broad SMARTS) is 1. The van der Waals surface area contributed by atoms with E-state index in [4.69, 9.17) is 5.73 Å². The monoisotopic (exact) mass is 250 g/mol. The second-order valence-electron chi connectivity index (χ2n) is 4.38. The third kappa shape index (κ3) is 3.56. The molecule has 0 spiro atoms. The summed E-state index contributed by atoms with van der Waals surface area (Å²) in [7, 11) is 0. The standard InChI is InChI=1S/C13H18N2O3/c1-9(2)15(8-11(14)16)12(13(17)18)10-6-4-3-5-7-10/h3-7,9,12H,8H2,1-2H3,(H2,14,16)(H,17,18). The van der Waals surface area contributed by atoms with Crippen molar-refractivity contribution in [1.29, 1.82) is 0 Å². The summed E-state index contributed by atoms with van der Waals surface area (Å²) in [6.07, 6.45) is 0. The largest absolute Gasteiger partial charge is 0.480 e. The molecule has 18 heavy (non-hydrogen) atoms. The average Bonchev–Trinajstić information content (AvgIpc) is 2.28. The predicted molar refractivity (Wildman–Crippen MR) is 67.9 cm³/mol. The van der Waals surface area contributed by atoms with Crippen LogP contribution in [0.5, 0.6) is 0 Å². The summed E-state index contributed by atoms with van der Waals surface area (Å²) < 4.78 is 0. The first kappa shape index (κ1) is 14.2. The Bertz CT molecular complexity index is 418. The molecule has 0 saturated heterocycles. The lowest BCUT2D eigenvalue weighted by atomic mass is 10.0. The second-order valence-corrected chi connectivity index (χ2v) is 4.38. The van der Waals surface area contributed by atoms with Gasteiger partial charge >= 0.3 is 5.97 Å². The van der Waals surface area contributed by atoms with Gasteiger partial charge in [-0.25, -0.2) is 0 Å². The number of carboxylic acids is 1. The van der Waals surface area contributed by atoms with Gasteiger partial charge in [0.1, 0.15) is 6.04 Å². The van der Waals surface area contributed by atoms with Crippen LogP contribution in [0.3, 0.4) is 0 Å². The van der Waals surface area contributed by atoms with E-state index in [0.29, 0.717) is 5.56 Å². The highest BCUT2D eigenvalue weighted by Gasteiger charge is 2.30. The summed E-state index contributed by atoms with van der Waals surface area (Å²) in [5.74, 6) is -1.53. The van der Waals surface area contributed by atoms with E-state index in [1.807, 2.05) is 19.9 Å². The van der Waals surface area contributed by atoms with Crippen molar-refractivity contribution >= 4 is 11.9 Å². The van der Waals surface area contributed by atoms with Crippen LogP contribution in [0, 0.1) is 0 Å². The van der Waals surface area contributed by atoms with Gasteiger partial charge in [0.05, 0.1) is 6.54 Å². The Kier molecular flexibility index (Phi) is 4.85. The van der Waals surface area contributed by atoms with Crippen LogP contribution in [0.15, 0.2) is 30.3 Å². The molecule has 0 aliphatic carbocycles. The van der Waals surface area contributed by atoms with Crippen molar-refractivity contribution in [3.63, 3.8) is 0 Å². The number of rotatable bonds is 6. The second kappa shape index (κ2) is 6.16. The normalized spacial score (nSPS) is 12.7. The smallest absolute Gasteiger partial charge is 0.325 e. The number of nitrogens with two attached hydrogens (primary N) is 1. The van der Waals surface area contributed by atoms with Gasteiger partial charge in [-0.05, 0) is 19.4 Å². The molecule has 98 valence electrons. The van der Waals surface area contributed by atoms with E-state index in [1.54, 1.807) is 29.2 Å². The SMILES string of the molecule is CC(C)N(CC(N)=O)C(C(=O)O)c1ccccc1. The molecular weight excluding hydrogens is 232 g/mol. The molecule has 0 saturated carbocycles. The number of hydrogen-bond acceptors (Lipinski definition) is 3. The number of hydrogen-bond donors (Lipinski definition) is 2. The van der Waals surface area contributed by atoms with Gasteiger partial charge in [0.25, 0.3) is 0 Å². The zero-order valence-electron chi connectivity index (χ0n) is 10.5. The van der Waals surface area contributed by atoms with Crippen LogP contribution in [0.4, 0.5) is 0 Å². The summed E-state index contributed by atoms with van der Waals surface area (Å²) in [6.45, 7) is 3.59. The van der Waals surface area contributed by atoms with Crippen molar-refractivity contribution in [3.05, 3.63) is 35.9 Å². The highest BCUT2D eigenvalue weighted by Crippen LogP contribution is 2.22. The van der Waals surface area contributed by atoms with Crippen molar-refractivity contribution < 1.29 is 14.7 Å². The minimum atomic E-state index is -0.990. The number of carbonyl (C=O) groups excluding carboxylic acids is 1. The Balaban J connectivity index is 3.09. The predicted octanol–water partition coefficient (Wildman–Crippen LogP) is 1.01. The van der Waals surface area contributed by atoms with Crippen LogP contribution < -0.4 is 5.73 Å². The number of aliphatic carboxylic acids is 1. The van der Waals surface area contributed by atoms with Crippen molar-refractivity contribution in [2.45, 2.75) is 25.9 Å². The maximum absolute atomic E-state index is 11.4. The van der Waals surface area contributed by atoms with Crippen molar-refractivity contribution in [2.75, 3.05) is 6.54 Å². The van der Waals surface area contributed by atoms with E-state index >= 15 is 0 Å². The summed E-state index contributed by atoms with van der Waals surface area (Å²) in [6, 6.07) is 7.86. The summed E-state index contributed by atoms with van der Waals surface area (Å²) in [5, 5.41) is 9.37. The Morgan fingerprint density at radius 3 is 2.22 bits per heavy atom. The van der Waals surface area contributed by atoms with Crippen LogP contribution in [0.25, 0.3) is 0 Å². The van der Waals surface area contributed by atoms with E-state index < -0.39 is 17.9 Å². The topological polar surface area (TPSA) is 83.6 Å². The van der Waals surface area contributed by atoms with Gasteiger partial charge in [0.2, 0.25) is 5.91 Å². The van der Waals surface area contributed by atoms with Crippen molar-refractivity contribution in [3.8, 4) is 0 Å². The van der Waals surface area contributed by atoms with Crippen LogP contribution in [-0.4, -0.2) is 34.5 Å². The maximum Gasteiger partial charge on any atom is 0.325 e. The number of carbonyl (C=O) groups is 2. The van der Waals surface area contributed by atoms with E-state index in [0.717, 1.165) is 0 Å². The molecule has 0 aliphatic rings. The summed E-state index contributed by atoms with van der Waals surface area (Å²) in [5.41, 5.74) is 5.81. The number of primary amides is 1. The van der Waals surface area contributed by atoms with Gasteiger partial charge in [-0.1, -0.05) is 30.3 Å². The molecule has 0 aromatic heterocycles. The lowest BCUT2D eigenvalue weighted by molar-refractivity contribution is -0.145. The zero-order chi connectivity index (χ0) is 13.7. The fourth-order valence-corrected chi connectivity index (χ4v) is 1.86. The fourth-order valence-electron chi connectivity index (χ4n) is 1.86. The van der Waals surface area contributed by atoms with E-state index in [1.165, 1.54) is 0 Å². The zero-order valence-corrected chi connectivity index (χ0v) is 10.5. The van der Waals surface area contributed by atoms with Crippen LogP contribution in [-0.2, 0) is 9.59 Å². The van der Waals surface area contributed by atoms with Crippen LogP contribution in [0.2, 0.25) is 0 Å². The maximum atomic E-state index is 11.4. The number of benzene rings is 1. The minimum Gasteiger partial charge on any atom is -0.480 e. The lowest BCUT2D eigenvalue weighted by Gasteiger charge is -2.31. The molecule has 0 bridgehead atoms. The first-order valence-electron chi connectivity index (χ1n) is 5.75. The third-order valence-electron chi connectivity index (χ3n) is 2.68. The van der Waals surface area contributed by atoms with Crippen LogP contribution >= 0.6 is 0 Å². The average molecular weight is 250 g/mol. The number of nitrogens with zero attached hydrogens (tertiary/aromatic N) is 1. The summed E-state index contributed by atoms with van der Waals surface area (Å²) >= 11 is 0. The molecule has 3 N–H and O–H groups in total. The molecule has 1 aromatic rings. The first-order valence-corrected chi connectivity index (χ1v) is 5.75. The molecule has 1 aromatic carbocycles. The molecule has 5 nitrogen and oxygen atoms in total.